The van der Waals surface area contributed by atoms with E-state index in [-0.39, 0.29) is 5.91 Å². The predicted octanol–water partition coefficient (Wildman–Crippen LogP) is 1.87. The van der Waals surface area contributed by atoms with Crippen molar-refractivity contribution < 1.29 is 4.79 Å². The Labute approximate surface area is 121 Å². The minimum Gasteiger partial charge on any atom is -0.325 e. The van der Waals surface area contributed by atoms with Crippen LogP contribution in [0.15, 0.2) is 24.3 Å². The van der Waals surface area contributed by atoms with Gasteiger partial charge in [-0.15, -0.1) is 0 Å². The number of anilines is 1. The van der Waals surface area contributed by atoms with Gasteiger partial charge in [-0.1, -0.05) is 19.1 Å². The highest BCUT2D eigenvalue weighted by Gasteiger charge is 2.22. The van der Waals surface area contributed by atoms with E-state index in [4.69, 9.17) is 0 Å². The highest BCUT2D eigenvalue weighted by atomic mass is 16.2. The Hall–Kier alpha value is -1.39. The van der Waals surface area contributed by atoms with Gasteiger partial charge in [0.15, 0.2) is 0 Å². The molecule has 0 radical (unpaired) electrons. The average molecular weight is 275 g/mol. The van der Waals surface area contributed by atoms with E-state index >= 15 is 0 Å². The number of nitrogens with zero attached hydrogens (tertiary/aromatic N) is 1. The van der Waals surface area contributed by atoms with Gasteiger partial charge in [0, 0.05) is 30.9 Å². The molecule has 2 N–H and O–H groups in total. The smallest absolute Gasteiger partial charge is 0.238 e. The average Bonchev–Trinajstić information content (AvgIpc) is 2.37. The Morgan fingerprint density at radius 3 is 2.70 bits per heavy atom. The molecule has 110 valence electrons. The monoisotopic (exact) mass is 275 g/mol. The fraction of sp³-hybridized carbons (Fsp3) is 0.562. The second kappa shape index (κ2) is 6.86. The number of nitrogens with one attached hydrogen (secondary N) is 2. The van der Waals surface area contributed by atoms with Crippen molar-refractivity contribution in [3.05, 3.63) is 29.8 Å². The lowest BCUT2D eigenvalue weighted by Gasteiger charge is -2.35. The maximum atomic E-state index is 12.1. The number of benzene rings is 1. The van der Waals surface area contributed by atoms with Gasteiger partial charge in [-0.3, -0.25) is 9.69 Å². The Morgan fingerprint density at radius 2 is 2.05 bits per heavy atom. The number of hydrogen-bond acceptors (Lipinski definition) is 3. The van der Waals surface area contributed by atoms with Crippen LogP contribution in [0.2, 0.25) is 0 Å². The third-order valence-electron chi connectivity index (χ3n) is 3.62. The van der Waals surface area contributed by atoms with E-state index in [2.05, 4.69) is 42.4 Å². The molecule has 0 spiro atoms. The van der Waals surface area contributed by atoms with Crippen LogP contribution in [0.25, 0.3) is 0 Å². The number of carbonyl (C=O) groups is 1. The van der Waals surface area contributed by atoms with Gasteiger partial charge in [0.2, 0.25) is 5.91 Å². The van der Waals surface area contributed by atoms with Crippen molar-refractivity contribution in [2.75, 3.05) is 25.0 Å². The standard InChI is InChI=1S/C16H25N3O/c1-4-14-6-5-7-15(8-14)18-16(20)11-19-9-12(2)17-13(3)10-19/h5-8,12-13,17H,4,9-11H2,1-3H3,(H,18,20). The van der Waals surface area contributed by atoms with E-state index < -0.39 is 0 Å². The molecule has 0 aliphatic carbocycles. The predicted molar refractivity (Wildman–Crippen MR) is 82.9 cm³/mol. The summed E-state index contributed by atoms with van der Waals surface area (Å²) in [6.45, 7) is 8.74. The minimum atomic E-state index is 0.0690. The highest BCUT2D eigenvalue weighted by molar-refractivity contribution is 5.92. The molecular formula is C16H25N3O. The maximum Gasteiger partial charge on any atom is 0.238 e. The van der Waals surface area contributed by atoms with Gasteiger partial charge >= 0.3 is 0 Å². The topological polar surface area (TPSA) is 44.4 Å². The van der Waals surface area contributed by atoms with E-state index in [0.29, 0.717) is 18.6 Å². The number of hydrogen-bond donors (Lipinski definition) is 2. The molecule has 1 saturated heterocycles. The van der Waals surface area contributed by atoms with E-state index in [0.717, 1.165) is 25.2 Å². The third kappa shape index (κ3) is 4.32. The van der Waals surface area contributed by atoms with E-state index in [1.165, 1.54) is 5.56 Å². The van der Waals surface area contributed by atoms with Crippen LogP contribution in [0, 0.1) is 0 Å². The molecule has 1 aromatic rings. The van der Waals surface area contributed by atoms with Crippen molar-refractivity contribution in [3.8, 4) is 0 Å². The summed E-state index contributed by atoms with van der Waals surface area (Å²) in [6.07, 6.45) is 0.983. The summed E-state index contributed by atoms with van der Waals surface area (Å²) < 4.78 is 0. The Morgan fingerprint density at radius 1 is 1.35 bits per heavy atom. The molecule has 2 atom stereocenters. The summed E-state index contributed by atoms with van der Waals surface area (Å²) in [5, 5.41) is 6.47. The second-order valence-corrected chi connectivity index (χ2v) is 5.76. The molecule has 0 saturated carbocycles. The van der Waals surface area contributed by atoms with Crippen LogP contribution in [0.1, 0.15) is 26.3 Å². The van der Waals surface area contributed by atoms with Crippen LogP contribution >= 0.6 is 0 Å². The molecule has 1 amide bonds. The number of aryl methyl sites for hydroxylation is 1. The van der Waals surface area contributed by atoms with Crippen molar-refractivity contribution in [1.82, 2.24) is 10.2 Å². The number of carbonyl (C=O) groups excluding carboxylic acids is 1. The van der Waals surface area contributed by atoms with Gasteiger partial charge in [-0.05, 0) is 38.0 Å². The molecule has 2 unspecified atom stereocenters. The second-order valence-electron chi connectivity index (χ2n) is 5.76. The van der Waals surface area contributed by atoms with Crippen molar-refractivity contribution in [1.29, 1.82) is 0 Å². The van der Waals surface area contributed by atoms with Gasteiger partial charge in [0.1, 0.15) is 0 Å². The summed E-state index contributed by atoms with van der Waals surface area (Å²) in [4.78, 5) is 14.3. The van der Waals surface area contributed by atoms with Gasteiger partial charge in [-0.2, -0.15) is 0 Å². The summed E-state index contributed by atoms with van der Waals surface area (Å²) in [5.74, 6) is 0.0690. The Kier molecular flexibility index (Phi) is 5.15. The zero-order chi connectivity index (χ0) is 14.5. The van der Waals surface area contributed by atoms with Crippen molar-refractivity contribution in [2.45, 2.75) is 39.3 Å². The first-order valence-electron chi connectivity index (χ1n) is 7.44. The molecule has 0 bridgehead atoms. The first kappa shape index (κ1) is 15.0. The molecule has 20 heavy (non-hydrogen) atoms. The number of rotatable bonds is 4. The molecule has 2 rings (SSSR count). The van der Waals surface area contributed by atoms with Crippen molar-refractivity contribution in [3.63, 3.8) is 0 Å². The lowest BCUT2D eigenvalue weighted by atomic mass is 10.1. The molecule has 4 nitrogen and oxygen atoms in total. The molecule has 0 aromatic heterocycles. The first-order chi connectivity index (χ1) is 9.56. The van der Waals surface area contributed by atoms with Gasteiger partial charge in [-0.25, -0.2) is 0 Å². The Balaban J connectivity index is 1.88. The molecular weight excluding hydrogens is 250 g/mol. The normalized spacial score (nSPS) is 23.6. The van der Waals surface area contributed by atoms with Gasteiger partial charge < -0.3 is 10.6 Å². The zero-order valence-corrected chi connectivity index (χ0v) is 12.6. The maximum absolute atomic E-state index is 12.1. The molecule has 4 heteroatoms. The van der Waals surface area contributed by atoms with E-state index in [1.807, 2.05) is 18.2 Å². The minimum absolute atomic E-state index is 0.0690. The van der Waals surface area contributed by atoms with E-state index in [1.54, 1.807) is 0 Å². The SMILES string of the molecule is CCc1cccc(NC(=O)CN2CC(C)NC(C)C2)c1. The largest absolute Gasteiger partial charge is 0.325 e. The lowest BCUT2D eigenvalue weighted by molar-refractivity contribution is -0.117. The summed E-state index contributed by atoms with van der Waals surface area (Å²) in [6, 6.07) is 8.93. The molecule has 1 heterocycles. The molecule has 1 fully saturated rings. The number of piperazine rings is 1. The molecule has 1 aliphatic heterocycles. The molecule has 1 aromatic carbocycles. The summed E-state index contributed by atoms with van der Waals surface area (Å²) in [7, 11) is 0. The van der Waals surface area contributed by atoms with Crippen LogP contribution < -0.4 is 10.6 Å². The van der Waals surface area contributed by atoms with Crippen LogP contribution in [0.4, 0.5) is 5.69 Å². The number of amides is 1. The fourth-order valence-corrected chi connectivity index (χ4v) is 2.84. The van der Waals surface area contributed by atoms with Gasteiger partial charge in [0.05, 0.1) is 6.54 Å². The fourth-order valence-electron chi connectivity index (χ4n) is 2.84. The van der Waals surface area contributed by atoms with Gasteiger partial charge in [0.25, 0.3) is 0 Å². The Bertz CT molecular complexity index is 451. The third-order valence-corrected chi connectivity index (χ3v) is 3.62. The highest BCUT2D eigenvalue weighted by Crippen LogP contribution is 2.11. The molecule has 1 aliphatic rings. The summed E-state index contributed by atoms with van der Waals surface area (Å²) in [5.41, 5.74) is 2.14. The van der Waals surface area contributed by atoms with Crippen LogP contribution in [-0.4, -0.2) is 42.5 Å². The van der Waals surface area contributed by atoms with Crippen molar-refractivity contribution >= 4 is 11.6 Å². The first-order valence-corrected chi connectivity index (χ1v) is 7.44. The quantitative estimate of drug-likeness (QED) is 0.881. The lowest BCUT2D eigenvalue weighted by Crippen LogP contribution is -2.55. The van der Waals surface area contributed by atoms with Crippen LogP contribution in [0.5, 0.6) is 0 Å². The summed E-state index contributed by atoms with van der Waals surface area (Å²) >= 11 is 0. The van der Waals surface area contributed by atoms with Crippen LogP contribution in [0.3, 0.4) is 0 Å². The van der Waals surface area contributed by atoms with Crippen molar-refractivity contribution in [2.24, 2.45) is 0 Å². The van der Waals surface area contributed by atoms with Crippen LogP contribution in [-0.2, 0) is 11.2 Å². The van der Waals surface area contributed by atoms with E-state index in [9.17, 15) is 4.79 Å². The zero-order valence-electron chi connectivity index (χ0n) is 12.6.